The van der Waals surface area contributed by atoms with Crippen LogP contribution in [-0.4, -0.2) is 29.2 Å². The third-order valence-corrected chi connectivity index (χ3v) is 4.82. The number of carbonyl (C=O) groups is 3. The maximum absolute atomic E-state index is 12.3. The van der Waals surface area contributed by atoms with Crippen LogP contribution in [0.3, 0.4) is 0 Å². The van der Waals surface area contributed by atoms with Crippen LogP contribution in [0, 0.1) is 0 Å². The Labute approximate surface area is 159 Å². The molecule has 0 aromatic heterocycles. The van der Waals surface area contributed by atoms with Crippen LogP contribution in [0.15, 0.2) is 48.5 Å². The summed E-state index contributed by atoms with van der Waals surface area (Å²) in [6.45, 7) is 4.99. The normalized spacial score (nSPS) is 13.2. The number of carbonyl (C=O) groups excluding carboxylic acids is 3. The average Bonchev–Trinajstić information content (AvgIpc) is 2.91. The Balaban J connectivity index is 1.48. The maximum atomic E-state index is 12.3. The summed E-state index contributed by atoms with van der Waals surface area (Å²) in [4.78, 5) is 38.0. The van der Waals surface area contributed by atoms with Gasteiger partial charge in [0.2, 0.25) is 5.91 Å². The first-order valence-electron chi connectivity index (χ1n) is 9.28. The van der Waals surface area contributed by atoms with Gasteiger partial charge in [0.15, 0.2) is 0 Å². The van der Waals surface area contributed by atoms with Crippen LogP contribution in [-0.2, 0) is 11.3 Å². The lowest BCUT2D eigenvalue weighted by atomic mass is 9.97. The zero-order chi connectivity index (χ0) is 19.4. The number of nitrogens with one attached hydrogen (secondary N) is 1. The minimum atomic E-state index is -0.276. The van der Waals surface area contributed by atoms with Gasteiger partial charge in [-0.3, -0.25) is 19.3 Å². The Hall–Kier alpha value is -2.95. The van der Waals surface area contributed by atoms with Crippen LogP contribution < -0.4 is 5.32 Å². The van der Waals surface area contributed by atoms with Gasteiger partial charge in [0.25, 0.3) is 11.8 Å². The summed E-state index contributed by atoms with van der Waals surface area (Å²) in [7, 11) is 0. The van der Waals surface area contributed by atoms with Gasteiger partial charge in [-0.1, -0.05) is 50.2 Å². The van der Waals surface area contributed by atoms with Crippen molar-refractivity contribution in [2.24, 2.45) is 0 Å². The lowest BCUT2D eigenvalue weighted by Gasteiger charge is -2.15. The molecule has 1 heterocycles. The monoisotopic (exact) mass is 364 g/mol. The van der Waals surface area contributed by atoms with Crippen molar-refractivity contribution in [2.75, 3.05) is 6.54 Å². The Morgan fingerprint density at radius 1 is 0.963 bits per heavy atom. The fourth-order valence-electron chi connectivity index (χ4n) is 3.38. The molecule has 2 aromatic rings. The Morgan fingerprint density at radius 3 is 2.19 bits per heavy atom. The SMILES string of the molecule is CC(C)c1ccccc1CNC(=O)CCCN1C(=O)c2ccccc2C1=O. The summed E-state index contributed by atoms with van der Waals surface area (Å²) in [5, 5.41) is 2.93. The molecule has 5 nitrogen and oxygen atoms in total. The van der Waals surface area contributed by atoms with E-state index in [-0.39, 0.29) is 30.7 Å². The van der Waals surface area contributed by atoms with Crippen LogP contribution in [0.25, 0.3) is 0 Å². The Bertz CT molecular complexity index is 838. The van der Waals surface area contributed by atoms with Crippen molar-refractivity contribution in [2.45, 2.75) is 39.2 Å². The van der Waals surface area contributed by atoms with Crippen molar-refractivity contribution in [1.82, 2.24) is 10.2 Å². The van der Waals surface area contributed by atoms with Crippen LogP contribution in [0.5, 0.6) is 0 Å². The Morgan fingerprint density at radius 2 is 1.56 bits per heavy atom. The lowest BCUT2D eigenvalue weighted by molar-refractivity contribution is -0.121. The van der Waals surface area contributed by atoms with Gasteiger partial charge in [-0.25, -0.2) is 0 Å². The molecule has 0 spiro atoms. The van der Waals surface area contributed by atoms with Gasteiger partial charge in [-0.05, 0) is 35.6 Å². The predicted molar refractivity (Wildman–Crippen MR) is 103 cm³/mol. The number of benzene rings is 2. The number of fused-ring (bicyclic) bond motifs is 1. The van der Waals surface area contributed by atoms with E-state index in [9.17, 15) is 14.4 Å². The van der Waals surface area contributed by atoms with E-state index in [0.717, 1.165) is 5.56 Å². The number of rotatable bonds is 7. The summed E-state index contributed by atoms with van der Waals surface area (Å²) in [6, 6.07) is 14.9. The highest BCUT2D eigenvalue weighted by molar-refractivity contribution is 6.21. The zero-order valence-electron chi connectivity index (χ0n) is 15.7. The summed E-state index contributed by atoms with van der Waals surface area (Å²) in [6.07, 6.45) is 0.723. The molecule has 3 amide bonds. The molecule has 0 aliphatic carbocycles. The largest absolute Gasteiger partial charge is 0.352 e. The summed E-state index contributed by atoms with van der Waals surface area (Å²) >= 11 is 0. The molecule has 0 radical (unpaired) electrons. The van der Waals surface area contributed by atoms with Gasteiger partial charge in [0.1, 0.15) is 0 Å². The molecule has 1 aliphatic heterocycles. The van der Waals surface area contributed by atoms with Gasteiger partial charge in [-0.2, -0.15) is 0 Å². The maximum Gasteiger partial charge on any atom is 0.261 e. The first kappa shape index (κ1) is 18.8. The highest BCUT2D eigenvalue weighted by atomic mass is 16.2. The molecule has 2 aromatic carbocycles. The standard InChI is InChI=1S/C22H24N2O3/c1-15(2)17-9-4-3-8-16(17)14-23-20(25)12-7-13-24-21(26)18-10-5-6-11-19(18)22(24)27/h3-6,8-11,15H,7,12-14H2,1-2H3,(H,23,25). The van der Waals surface area contributed by atoms with Crippen LogP contribution in [0.4, 0.5) is 0 Å². The van der Waals surface area contributed by atoms with Gasteiger partial charge < -0.3 is 5.32 Å². The van der Waals surface area contributed by atoms with Crippen molar-refractivity contribution < 1.29 is 14.4 Å². The highest BCUT2D eigenvalue weighted by Gasteiger charge is 2.34. The van der Waals surface area contributed by atoms with Crippen LogP contribution in [0.2, 0.25) is 0 Å². The fourth-order valence-corrected chi connectivity index (χ4v) is 3.38. The zero-order valence-corrected chi connectivity index (χ0v) is 15.7. The van der Waals surface area contributed by atoms with Crippen molar-refractivity contribution in [3.63, 3.8) is 0 Å². The quantitative estimate of drug-likeness (QED) is 0.765. The minimum Gasteiger partial charge on any atom is -0.352 e. The predicted octanol–water partition coefficient (Wildman–Crippen LogP) is 3.50. The van der Waals surface area contributed by atoms with Crippen molar-refractivity contribution in [1.29, 1.82) is 0 Å². The van der Waals surface area contributed by atoms with E-state index < -0.39 is 0 Å². The number of imide groups is 1. The molecular formula is C22H24N2O3. The van der Waals surface area contributed by atoms with Gasteiger partial charge in [-0.15, -0.1) is 0 Å². The second-order valence-corrected chi connectivity index (χ2v) is 7.04. The van der Waals surface area contributed by atoms with E-state index >= 15 is 0 Å². The summed E-state index contributed by atoms with van der Waals surface area (Å²) < 4.78 is 0. The van der Waals surface area contributed by atoms with Crippen molar-refractivity contribution in [3.8, 4) is 0 Å². The number of nitrogens with zero attached hydrogens (tertiary/aromatic N) is 1. The van der Waals surface area contributed by atoms with E-state index in [0.29, 0.717) is 30.0 Å². The lowest BCUT2D eigenvalue weighted by Crippen LogP contribution is -2.32. The number of hydrogen-bond donors (Lipinski definition) is 1. The average molecular weight is 364 g/mol. The smallest absolute Gasteiger partial charge is 0.261 e. The molecule has 0 atom stereocenters. The highest BCUT2D eigenvalue weighted by Crippen LogP contribution is 2.22. The van der Waals surface area contributed by atoms with Crippen LogP contribution in [0.1, 0.15) is 64.4 Å². The fraction of sp³-hybridized carbons (Fsp3) is 0.318. The topological polar surface area (TPSA) is 66.5 Å². The molecule has 5 heteroatoms. The first-order valence-corrected chi connectivity index (χ1v) is 9.28. The third kappa shape index (κ3) is 4.08. The Kier molecular flexibility index (Phi) is 5.69. The number of amides is 3. The second kappa shape index (κ2) is 8.16. The van der Waals surface area contributed by atoms with Gasteiger partial charge >= 0.3 is 0 Å². The molecule has 0 saturated heterocycles. The molecule has 140 valence electrons. The van der Waals surface area contributed by atoms with Crippen LogP contribution >= 0.6 is 0 Å². The summed E-state index contributed by atoms with van der Waals surface area (Å²) in [5.74, 6) is -0.235. The van der Waals surface area contributed by atoms with Gasteiger partial charge in [0.05, 0.1) is 11.1 Å². The van der Waals surface area contributed by atoms with Crippen molar-refractivity contribution >= 4 is 17.7 Å². The van der Waals surface area contributed by atoms with E-state index in [1.165, 1.54) is 10.5 Å². The third-order valence-electron chi connectivity index (χ3n) is 4.82. The van der Waals surface area contributed by atoms with Gasteiger partial charge in [0, 0.05) is 19.5 Å². The molecule has 0 saturated carbocycles. The van der Waals surface area contributed by atoms with E-state index in [1.54, 1.807) is 24.3 Å². The molecule has 3 rings (SSSR count). The first-order chi connectivity index (χ1) is 13.0. The number of hydrogen-bond acceptors (Lipinski definition) is 3. The van der Waals surface area contributed by atoms with E-state index in [4.69, 9.17) is 0 Å². The second-order valence-electron chi connectivity index (χ2n) is 7.04. The van der Waals surface area contributed by atoms with Crippen molar-refractivity contribution in [3.05, 3.63) is 70.8 Å². The molecule has 0 bridgehead atoms. The summed E-state index contributed by atoms with van der Waals surface area (Å²) in [5.41, 5.74) is 3.22. The minimum absolute atomic E-state index is 0.0785. The molecule has 1 aliphatic rings. The molecule has 1 N–H and O–H groups in total. The molecule has 27 heavy (non-hydrogen) atoms. The van der Waals surface area contributed by atoms with E-state index in [1.807, 2.05) is 18.2 Å². The molecule has 0 unspecified atom stereocenters. The molecule has 0 fully saturated rings. The van der Waals surface area contributed by atoms with E-state index in [2.05, 4.69) is 25.2 Å². The molecular weight excluding hydrogens is 340 g/mol.